The van der Waals surface area contributed by atoms with E-state index in [-0.39, 0.29) is 6.42 Å². The normalized spacial score (nSPS) is 12.3. The third kappa shape index (κ3) is 6.53. The average Bonchev–Trinajstić information content (AvgIpc) is 2.33. The van der Waals surface area contributed by atoms with Crippen LogP contribution in [0.5, 0.6) is 0 Å². The molecule has 0 aromatic rings. The summed E-state index contributed by atoms with van der Waals surface area (Å²) in [4.78, 5) is 0. The molecule has 0 amide bonds. The summed E-state index contributed by atoms with van der Waals surface area (Å²) < 4.78 is 68.9. The van der Waals surface area contributed by atoms with Gasteiger partial charge in [-0.2, -0.15) is 0 Å². The average molecular weight is 364 g/mol. The van der Waals surface area contributed by atoms with E-state index in [2.05, 4.69) is 0 Å². The standard InChI is InChI=1S/C13H16O6S3/c1-4-9-20(14,15)12-7-8-13(21(16,17)10-5-2)22(18,19)11-6-3/h1-3,13H,7-12H2. The molecule has 0 aliphatic heterocycles. The zero-order valence-electron chi connectivity index (χ0n) is 11.7. The fourth-order valence-corrected chi connectivity index (χ4v) is 6.76. The molecule has 9 heteroatoms. The van der Waals surface area contributed by atoms with Gasteiger partial charge in [0, 0.05) is 0 Å². The van der Waals surface area contributed by atoms with Gasteiger partial charge in [0.15, 0.2) is 34.1 Å². The van der Waals surface area contributed by atoms with E-state index in [1.807, 2.05) is 17.8 Å². The first-order valence-corrected chi connectivity index (χ1v) is 11.2. The maximum Gasteiger partial charge on any atom is 0.178 e. The Morgan fingerprint density at radius 1 is 0.727 bits per heavy atom. The molecule has 0 aromatic heterocycles. The van der Waals surface area contributed by atoms with Gasteiger partial charge in [-0.25, -0.2) is 25.3 Å². The summed E-state index contributed by atoms with van der Waals surface area (Å²) in [7, 11) is -11.8. The fraction of sp³-hybridized carbons (Fsp3) is 0.538. The molecule has 0 radical (unpaired) electrons. The van der Waals surface area contributed by atoms with E-state index in [4.69, 9.17) is 19.3 Å². The van der Waals surface area contributed by atoms with Gasteiger partial charge in [-0.05, 0) is 12.8 Å². The van der Waals surface area contributed by atoms with E-state index >= 15 is 0 Å². The molecule has 0 heterocycles. The lowest BCUT2D eigenvalue weighted by molar-refractivity contribution is 0.567. The van der Waals surface area contributed by atoms with Gasteiger partial charge in [0.2, 0.25) is 0 Å². The number of rotatable bonds is 9. The van der Waals surface area contributed by atoms with Crippen LogP contribution in [0.2, 0.25) is 0 Å². The predicted octanol–water partition coefficient (Wildman–Crippen LogP) is -0.763. The minimum absolute atomic E-state index is 0.178. The Hall–Kier alpha value is -1.47. The van der Waals surface area contributed by atoms with E-state index in [0.717, 1.165) is 0 Å². The summed E-state index contributed by atoms with van der Waals surface area (Å²) in [5, 5.41) is 0. The highest BCUT2D eigenvalue weighted by Gasteiger charge is 2.36. The molecule has 0 aromatic carbocycles. The van der Waals surface area contributed by atoms with Crippen LogP contribution in [0.1, 0.15) is 12.8 Å². The first-order chi connectivity index (χ1) is 10.0. The predicted molar refractivity (Wildman–Crippen MR) is 85.7 cm³/mol. The molecule has 0 saturated carbocycles. The van der Waals surface area contributed by atoms with Gasteiger partial charge >= 0.3 is 0 Å². The molecule has 0 rings (SSSR count). The minimum atomic E-state index is -4.14. The summed E-state index contributed by atoms with van der Waals surface area (Å²) in [5.74, 6) is 3.29. The highest BCUT2D eigenvalue weighted by Crippen LogP contribution is 2.18. The number of hydrogen-bond donors (Lipinski definition) is 0. The van der Waals surface area contributed by atoms with Gasteiger partial charge in [-0.3, -0.25) is 0 Å². The van der Waals surface area contributed by atoms with Crippen LogP contribution in [0.4, 0.5) is 0 Å². The topological polar surface area (TPSA) is 102 Å². The SMILES string of the molecule is C#CCS(=O)(=O)CCCC(S(=O)(=O)CC#C)S(=O)(=O)CC#C. The summed E-state index contributed by atoms with van der Waals surface area (Å²) in [6.45, 7) is 0. The van der Waals surface area contributed by atoms with Gasteiger partial charge in [0.25, 0.3) is 0 Å². The highest BCUT2D eigenvalue weighted by molar-refractivity contribution is 8.09. The van der Waals surface area contributed by atoms with E-state index in [9.17, 15) is 25.3 Å². The van der Waals surface area contributed by atoms with Crippen LogP contribution in [0.15, 0.2) is 0 Å². The molecule has 0 N–H and O–H groups in total. The van der Waals surface area contributed by atoms with Gasteiger partial charge < -0.3 is 0 Å². The Morgan fingerprint density at radius 2 is 1.14 bits per heavy atom. The number of terminal acetylenes is 3. The van der Waals surface area contributed by atoms with Crippen molar-refractivity contribution in [3.8, 4) is 37.0 Å². The maximum atomic E-state index is 12.0. The van der Waals surface area contributed by atoms with Crippen molar-refractivity contribution in [3.63, 3.8) is 0 Å². The molecule has 22 heavy (non-hydrogen) atoms. The number of hydrogen-bond acceptors (Lipinski definition) is 6. The van der Waals surface area contributed by atoms with Crippen molar-refractivity contribution in [2.75, 3.05) is 23.0 Å². The van der Waals surface area contributed by atoms with Crippen molar-refractivity contribution < 1.29 is 25.3 Å². The lowest BCUT2D eigenvalue weighted by Gasteiger charge is -2.15. The lowest BCUT2D eigenvalue weighted by Crippen LogP contribution is -2.34. The van der Waals surface area contributed by atoms with Crippen molar-refractivity contribution in [1.82, 2.24) is 0 Å². The fourth-order valence-electron chi connectivity index (χ4n) is 1.67. The minimum Gasteiger partial charge on any atom is -0.228 e. The first kappa shape index (κ1) is 20.5. The van der Waals surface area contributed by atoms with Crippen molar-refractivity contribution in [3.05, 3.63) is 0 Å². The van der Waals surface area contributed by atoms with Crippen LogP contribution in [-0.4, -0.2) is 52.8 Å². The van der Waals surface area contributed by atoms with Crippen LogP contribution in [0.25, 0.3) is 0 Å². The maximum absolute atomic E-state index is 12.0. The van der Waals surface area contributed by atoms with E-state index in [1.165, 1.54) is 0 Å². The summed E-state index contributed by atoms with van der Waals surface area (Å²) >= 11 is 0. The zero-order valence-corrected chi connectivity index (χ0v) is 14.2. The zero-order chi connectivity index (χ0) is 17.4. The smallest absolute Gasteiger partial charge is 0.178 e. The Balaban J connectivity index is 5.30. The third-order valence-corrected chi connectivity index (χ3v) is 9.06. The van der Waals surface area contributed by atoms with Crippen molar-refractivity contribution in [1.29, 1.82) is 0 Å². The first-order valence-electron chi connectivity index (χ1n) is 5.96. The second-order valence-corrected chi connectivity index (χ2v) is 11.2. The van der Waals surface area contributed by atoms with Gasteiger partial charge in [0.05, 0.1) is 5.75 Å². The Labute approximate surface area is 132 Å². The van der Waals surface area contributed by atoms with Gasteiger partial charge in [-0.1, -0.05) is 17.8 Å². The van der Waals surface area contributed by atoms with Gasteiger partial charge in [-0.15, -0.1) is 19.3 Å². The van der Waals surface area contributed by atoms with Gasteiger partial charge in [0.1, 0.15) is 17.3 Å². The molecule has 0 unspecified atom stereocenters. The van der Waals surface area contributed by atoms with Crippen LogP contribution in [0, 0.1) is 37.0 Å². The van der Waals surface area contributed by atoms with E-state index < -0.39 is 63.5 Å². The second-order valence-electron chi connectivity index (χ2n) is 4.39. The summed E-state index contributed by atoms with van der Waals surface area (Å²) in [6.07, 6.45) is 14.2. The van der Waals surface area contributed by atoms with Crippen LogP contribution < -0.4 is 0 Å². The molecule has 6 nitrogen and oxygen atoms in total. The van der Waals surface area contributed by atoms with Crippen LogP contribution >= 0.6 is 0 Å². The Kier molecular flexibility index (Phi) is 7.69. The molecule has 122 valence electrons. The van der Waals surface area contributed by atoms with E-state index in [0.29, 0.717) is 0 Å². The molecule has 0 aliphatic carbocycles. The molecule has 0 fully saturated rings. The Bertz CT molecular complexity index is 766. The molecule has 0 bridgehead atoms. The second kappa shape index (κ2) is 8.24. The molecule has 0 atom stereocenters. The third-order valence-electron chi connectivity index (χ3n) is 2.57. The Morgan fingerprint density at radius 3 is 1.50 bits per heavy atom. The number of sulfone groups is 3. The highest BCUT2D eigenvalue weighted by atomic mass is 32.3. The van der Waals surface area contributed by atoms with Crippen molar-refractivity contribution in [2.24, 2.45) is 0 Å². The molecule has 0 aliphatic rings. The van der Waals surface area contributed by atoms with Crippen molar-refractivity contribution in [2.45, 2.75) is 17.4 Å². The van der Waals surface area contributed by atoms with Crippen LogP contribution in [-0.2, 0) is 29.5 Å². The molecule has 0 spiro atoms. The van der Waals surface area contributed by atoms with Crippen LogP contribution in [0.3, 0.4) is 0 Å². The largest absolute Gasteiger partial charge is 0.228 e. The van der Waals surface area contributed by atoms with Crippen molar-refractivity contribution >= 4 is 29.5 Å². The molecule has 0 saturated heterocycles. The summed E-state index contributed by atoms with van der Waals surface area (Å²) in [6, 6.07) is 0. The molecular weight excluding hydrogens is 348 g/mol. The van der Waals surface area contributed by atoms with E-state index in [1.54, 1.807) is 0 Å². The quantitative estimate of drug-likeness (QED) is 0.498. The monoisotopic (exact) mass is 364 g/mol. The lowest BCUT2D eigenvalue weighted by atomic mass is 10.4. The summed E-state index contributed by atoms with van der Waals surface area (Å²) in [5.41, 5.74) is 0. The molecular formula is C13H16O6S3.